The zero-order chi connectivity index (χ0) is 16.9. The molecule has 0 aliphatic carbocycles. The number of nitrogens with zero attached hydrogens (tertiary/aromatic N) is 1. The molecule has 0 saturated heterocycles. The van der Waals surface area contributed by atoms with Crippen molar-refractivity contribution in [2.24, 2.45) is 0 Å². The maximum atomic E-state index is 12.3. The molecule has 0 fully saturated rings. The first-order valence-corrected chi connectivity index (χ1v) is 7.66. The first-order valence-electron chi connectivity index (χ1n) is 7.66. The van der Waals surface area contributed by atoms with E-state index in [0.717, 1.165) is 10.8 Å². The topological polar surface area (TPSA) is 59.3 Å². The highest BCUT2D eigenvalue weighted by Gasteiger charge is 2.15. The zero-order valence-corrected chi connectivity index (χ0v) is 13.2. The van der Waals surface area contributed by atoms with E-state index in [4.69, 9.17) is 4.74 Å². The van der Waals surface area contributed by atoms with Gasteiger partial charge >= 0.3 is 12.0 Å². The van der Waals surface area contributed by atoms with Crippen LogP contribution in [0.25, 0.3) is 10.8 Å². The summed E-state index contributed by atoms with van der Waals surface area (Å²) in [5, 5.41) is 4.84. The fraction of sp³-hybridized carbons (Fsp3) is 0.105. The first-order chi connectivity index (χ1) is 11.7. The molecule has 3 aromatic rings. The number of ether oxygens (including phenoxy) is 1. The first kappa shape index (κ1) is 15.7. The maximum absolute atomic E-state index is 12.3. The number of aromatic nitrogens is 1. The Hall–Kier alpha value is -3.21. The number of anilines is 1. The highest BCUT2D eigenvalue weighted by Crippen LogP contribution is 2.12. The van der Waals surface area contributed by atoms with Gasteiger partial charge in [-0.1, -0.05) is 24.3 Å². The zero-order valence-electron chi connectivity index (χ0n) is 13.2. The van der Waals surface area contributed by atoms with E-state index in [2.05, 4.69) is 5.32 Å². The molecule has 1 heterocycles. The highest BCUT2D eigenvalue weighted by molar-refractivity contribution is 5.91. The molecule has 1 amide bonds. The van der Waals surface area contributed by atoms with Gasteiger partial charge in [0.2, 0.25) is 0 Å². The van der Waals surface area contributed by atoms with Gasteiger partial charge in [0.05, 0.1) is 12.2 Å². The number of benzene rings is 2. The fourth-order valence-corrected chi connectivity index (χ4v) is 2.35. The average molecular weight is 321 g/mol. The smallest absolute Gasteiger partial charge is 0.462 e. The van der Waals surface area contributed by atoms with Gasteiger partial charge in [-0.2, -0.15) is 9.36 Å². The summed E-state index contributed by atoms with van der Waals surface area (Å²) in [4.78, 5) is 23.9. The predicted octanol–water partition coefficient (Wildman–Crippen LogP) is 3.38. The van der Waals surface area contributed by atoms with Gasteiger partial charge in [0.25, 0.3) is 0 Å². The van der Waals surface area contributed by atoms with E-state index in [1.165, 1.54) is 4.57 Å². The van der Waals surface area contributed by atoms with Crippen LogP contribution in [0.5, 0.6) is 0 Å². The number of amides is 1. The van der Waals surface area contributed by atoms with Crippen LogP contribution in [0.15, 0.2) is 67.0 Å². The summed E-state index contributed by atoms with van der Waals surface area (Å²) in [6, 6.07) is 16.0. The lowest BCUT2D eigenvalue weighted by atomic mass is 10.2. The van der Waals surface area contributed by atoms with Crippen LogP contribution in [0, 0.1) is 0 Å². The van der Waals surface area contributed by atoms with Gasteiger partial charge in [0.1, 0.15) is 18.1 Å². The Bertz CT molecular complexity index is 889. The van der Waals surface area contributed by atoms with Crippen LogP contribution in [0.3, 0.4) is 0 Å². The number of rotatable bonds is 3. The van der Waals surface area contributed by atoms with E-state index in [0.29, 0.717) is 17.9 Å². The molecule has 1 aromatic heterocycles. The van der Waals surface area contributed by atoms with E-state index >= 15 is 0 Å². The molecule has 24 heavy (non-hydrogen) atoms. The molecule has 1 N–H and O–H groups in total. The third kappa shape index (κ3) is 3.41. The third-order valence-electron chi connectivity index (χ3n) is 3.57. The van der Waals surface area contributed by atoms with Crippen molar-refractivity contribution < 1.29 is 18.9 Å². The number of carbonyl (C=O) groups is 2. The third-order valence-corrected chi connectivity index (χ3v) is 3.57. The highest BCUT2D eigenvalue weighted by atomic mass is 16.5. The minimum absolute atomic E-state index is 0.273. The Balaban J connectivity index is 1.74. The number of hydrogen-bond donors (Lipinski definition) is 1. The Morgan fingerprint density at radius 3 is 2.42 bits per heavy atom. The average Bonchev–Trinajstić information content (AvgIpc) is 2.62. The second-order valence-corrected chi connectivity index (χ2v) is 5.21. The SMILES string of the molecule is CCOC(=O)c1ccc(NC(=O)[n+]2ccc3ccccc3c2)cc1. The van der Waals surface area contributed by atoms with Crippen molar-refractivity contribution in [3.05, 3.63) is 72.6 Å². The van der Waals surface area contributed by atoms with Crippen LogP contribution in [-0.2, 0) is 4.74 Å². The van der Waals surface area contributed by atoms with Crippen LogP contribution < -0.4 is 9.88 Å². The summed E-state index contributed by atoms with van der Waals surface area (Å²) >= 11 is 0. The van der Waals surface area contributed by atoms with Gasteiger partial charge in [-0.25, -0.2) is 10.1 Å². The molecule has 0 saturated carbocycles. The molecule has 5 nitrogen and oxygen atoms in total. The van der Waals surface area contributed by atoms with Crippen LogP contribution in [0.4, 0.5) is 10.5 Å². The lowest BCUT2D eigenvalue weighted by Crippen LogP contribution is -2.45. The van der Waals surface area contributed by atoms with Gasteiger partial charge in [0.15, 0.2) is 0 Å². The van der Waals surface area contributed by atoms with Gasteiger partial charge in [-0.05, 0) is 42.6 Å². The van der Waals surface area contributed by atoms with E-state index < -0.39 is 0 Å². The quantitative estimate of drug-likeness (QED) is 0.594. The molecule has 0 spiro atoms. The minimum Gasteiger partial charge on any atom is -0.462 e. The maximum Gasteiger partial charge on any atom is 0.500 e. The molecule has 0 aliphatic heterocycles. The second kappa shape index (κ2) is 6.91. The standard InChI is InChI=1S/C19H16N2O3/c1-2-24-18(22)15-7-9-17(10-8-15)20-19(23)21-12-11-14-5-3-4-6-16(14)13-21/h3-13H,2H2,1H3/p+1. The summed E-state index contributed by atoms with van der Waals surface area (Å²) in [7, 11) is 0. The summed E-state index contributed by atoms with van der Waals surface area (Å²) in [5.74, 6) is -0.376. The molecule has 0 unspecified atom stereocenters. The van der Waals surface area contributed by atoms with Crippen molar-refractivity contribution in [1.82, 2.24) is 0 Å². The largest absolute Gasteiger partial charge is 0.500 e. The van der Waals surface area contributed by atoms with Crippen molar-refractivity contribution >= 4 is 28.5 Å². The van der Waals surface area contributed by atoms with Crippen LogP contribution >= 0.6 is 0 Å². The number of nitrogens with one attached hydrogen (secondary N) is 1. The molecule has 120 valence electrons. The molecule has 0 aliphatic rings. The number of fused-ring (bicyclic) bond motifs is 1. The van der Waals surface area contributed by atoms with Crippen molar-refractivity contribution in [2.75, 3.05) is 11.9 Å². The Morgan fingerprint density at radius 1 is 1.00 bits per heavy atom. The van der Waals surface area contributed by atoms with Crippen molar-refractivity contribution in [2.45, 2.75) is 6.92 Å². The van der Waals surface area contributed by atoms with Crippen molar-refractivity contribution in [3.8, 4) is 0 Å². The number of pyridine rings is 1. The van der Waals surface area contributed by atoms with E-state index in [-0.39, 0.29) is 12.0 Å². The molecular weight excluding hydrogens is 304 g/mol. The van der Waals surface area contributed by atoms with Crippen LogP contribution in [-0.4, -0.2) is 18.6 Å². The van der Waals surface area contributed by atoms with E-state index in [9.17, 15) is 9.59 Å². The fourth-order valence-electron chi connectivity index (χ4n) is 2.35. The molecule has 3 rings (SSSR count). The van der Waals surface area contributed by atoms with Crippen LogP contribution in [0.1, 0.15) is 17.3 Å². The normalized spacial score (nSPS) is 10.4. The van der Waals surface area contributed by atoms with Gasteiger partial charge in [-0.3, -0.25) is 0 Å². The monoisotopic (exact) mass is 321 g/mol. The molecular formula is C19H17N2O3+. The minimum atomic E-state index is -0.376. The molecule has 2 aromatic carbocycles. The summed E-state index contributed by atoms with van der Waals surface area (Å²) in [6.45, 7) is 2.09. The Morgan fingerprint density at radius 2 is 1.71 bits per heavy atom. The summed E-state index contributed by atoms with van der Waals surface area (Å²) in [5.41, 5.74) is 1.06. The Kier molecular flexibility index (Phi) is 4.52. The number of esters is 1. The molecule has 0 radical (unpaired) electrons. The summed E-state index contributed by atoms with van der Waals surface area (Å²) in [6.07, 6.45) is 3.49. The molecule has 0 bridgehead atoms. The lowest BCUT2D eigenvalue weighted by molar-refractivity contribution is -0.566. The van der Waals surface area contributed by atoms with Gasteiger partial charge in [-0.15, -0.1) is 0 Å². The second-order valence-electron chi connectivity index (χ2n) is 5.21. The summed E-state index contributed by atoms with van der Waals surface area (Å²) < 4.78 is 6.42. The van der Waals surface area contributed by atoms with Gasteiger partial charge in [0, 0.05) is 5.39 Å². The molecule has 5 heteroatoms. The molecule has 0 atom stereocenters. The lowest BCUT2D eigenvalue weighted by Gasteiger charge is -2.03. The number of hydrogen-bond acceptors (Lipinski definition) is 3. The van der Waals surface area contributed by atoms with Gasteiger partial charge < -0.3 is 4.74 Å². The predicted molar refractivity (Wildman–Crippen MR) is 91.0 cm³/mol. The van der Waals surface area contributed by atoms with E-state index in [1.807, 2.05) is 30.3 Å². The van der Waals surface area contributed by atoms with Crippen LogP contribution in [0.2, 0.25) is 0 Å². The van der Waals surface area contributed by atoms with Crippen molar-refractivity contribution in [1.29, 1.82) is 0 Å². The van der Waals surface area contributed by atoms with Crippen molar-refractivity contribution in [3.63, 3.8) is 0 Å². The Labute approximate surface area is 139 Å². The van der Waals surface area contributed by atoms with E-state index in [1.54, 1.807) is 43.6 Å². The number of carbonyl (C=O) groups excluding carboxylic acids is 2.